The van der Waals surface area contributed by atoms with Gasteiger partial charge in [0.05, 0.1) is 13.2 Å². The molecule has 0 heterocycles. The number of nitrogens with one attached hydrogen (secondary N) is 1. The molecule has 0 aliphatic carbocycles. The zero-order valence-corrected chi connectivity index (χ0v) is 9.79. The van der Waals surface area contributed by atoms with Gasteiger partial charge in [-0.05, 0) is 7.05 Å². The highest BCUT2D eigenvalue weighted by atomic mass is 16.3. The molecule has 14 heavy (non-hydrogen) atoms. The topological polar surface area (TPSA) is 55.7 Å². The van der Waals surface area contributed by atoms with Crippen LogP contribution in [0.15, 0.2) is 0 Å². The van der Waals surface area contributed by atoms with E-state index in [4.69, 9.17) is 10.2 Å². The summed E-state index contributed by atoms with van der Waals surface area (Å²) in [7, 11) is 1.96. The lowest BCUT2D eigenvalue weighted by molar-refractivity contribution is 0.219. The van der Waals surface area contributed by atoms with Crippen LogP contribution in [0, 0.1) is 0 Å². The van der Waals surface area contributed by atoms with Crippen LogP contribution in [0.4, 0.5) is 0 Å². The number of hydrogen-bond acceptors (Lipinski definition) is 4. The second-order valence-corrected chi connectivity index (χ2v) is 3.21. The van der Waals surface area contributed by atoms with Crippen LogP contribution < -0.4 is 5.32 Å². The number of nitrogens with zero attached hydrogens (tertiary/aromatic N) is 1. The van der Waals surface area contributed by atoms with E-state index >= 15 is 0 Å². The van der Waals surface area contributed by atoms with Crippen molar-refractivity contribution in [2.45, 2.75) is 20.3 Å². The van der Waals surface area contributed by atoms with E-state index in [0.717, 1.165) is 13.1 Å². The van der Waals surface area contributed by atoms with Gasteiger partial charge >= 0.3 is 0 Å². The van der Waals surface area contributed by atoms with Gasteiger partial charge in [0.1, 0.15) is 0 Å². The van der Waals surface area contributed by atoms with Crippen molar-refractivity contribution >= 4 is 0 Å². The maximum atomic E-state index is 8.54. The van der Waals surface area contributed by atoms with Crippen molar-refractivity contribution in [1.82, 2.24) is 10.2 Å². The summed E-state index contributed by atoms with van der Waals surface area (Å²) in [5, 5.41) is 20.0. The number of hydrogen-bond donors (Lipinski definition) is 3. The molecule has 0 aromatic heterocycles. The summed E-state index contributed by atoms with van der Waals surface area (Å²) < 4.78 is 0. The van der Waals surface area contributed by atoms with Gasteiger partial charge in [-0.15, -0.1) is 0 Å². The third-order valence-corrected chi connectivity index (χ3v) is 1.44. The summed E-state index contributed by atoms with van der Waals surface area (Å²) in [5.74, 6) is 0. The Morgan fingerprint density at radius 1 is 1.00 bits per heavy atom. The van der Waals surface area contributed by atoms with Gasteiger partial charge in [-0.2, -0.15) is 0 Å². The van der Waals surface area contributed by atoms with E-state index in [1.165, 1.54) is 6.42 Å². The largest absolute Gasteiger partial charge is 0.395 e. The molecule has 0 fully saturated rings. The molecule has 3 N–H and O–H groups in total. The van der Waals surface area contributed by atoms with Gasteiger partial charge in [0, 0.05) is 26.2 Å². The number of likely N-dealkylation sites (N-methyl/N-ethyl adjacent to an activating group) is 1. The number of rotatable bonds is 7. The van der Waals surface area contributed by atoms with Crippen LogP contribution in [-0.2, 0) is 0 Å². The first-order chi connectivity index (χ1) is 6.72. The molecule has 0 bridgehead atoms. The fraction of sp³-hybridized carbons (Fsp3) is 1.00. The number of aliphatic hydroxyl groups excluding tert-OH is 2. The summed E-state index contributed by atoms with van der Waals surface area (Å²) in [6.07, 6.45) is 1.25. The van der Waals surface area contributed by atoms with E-state index in [0.29, 0.717) is 13.1 Å². The predicted octanol–water partition coefficient (Wildman–Crippen LogP) is -0.0913. The normalized spacial score (nSPS) is 9.86. The minimum atomic E-state index is 0.184. The lowest BCUT2D eigenvalue weighted by Gasteiger charge is -2.14. The van der Waals surface area contributed by atoms with Crippen molar-refractivity contribution in [3.63, 3.8) is 0 Å². The molecule has 0 saturated heterocycles. The molecule has 4 nitrogen and oxygen atoms in total. The van der Waals surface area contributed by atoms with Crippen LogP contribution in [0.25, 0.3) is 0 Å². The Labute approximate surface area is 87.9 Å². The Morgan fingerprint density at radius 2 is 1.57 bits per heavy atom. The average Bonchev–Trinajstić information content (AvgIpc) is 2.14. The van der Waals surface area contributed by atoms with Crippen LogP contribution >= 0.6 is 0 Å². The van der Waals surface area contributed by atoms with Crippen LogP contribution in [0.3, 0.4) is 0 Å². The average molecular weight is 206 g/mol. The minimum absolute atomic E-state index is 0.184. The first kappa shape index (κ1) is 16.3. The SMILES string of the molecule is CCC.CN(CCO)CCNCCO. The van der Waals surface area contributed by atoms with Crippen molar-refractivity contribution in [2.24, 2.45) is 0 Å². The van der Waals surface area contributed by atoms with Crippen molar-refractivity contribution in [1.29, 1.82) is 0 Å². The zero-order valence-electron chi connectivity index (χ0n) is 9.79. The smallest absolute Gasteiger partial charge is 0.0558 e. The Morgan fingerprint density at radius 3 is 2.00 bits per heavy atom. The second-order valence-electron chi connectivity index (χ2n) is 3.21. The van der Waals surface area contributed by atoms with E-state index in [1.54, 1.807) is 0 Å². The zero-order chi connectivity index (χ0) is 11.2. The first-order valence-electron chi connectivity index (χ1n) is 5.33. The fourth-order valence-corrected chi connectivity index (χ4v) is 0.756. The summed E-state index contributed by atoms with van der Waals surface area (Å²) in [6.45, 7) is 7.76. The van der Waals surface area contributed by atoms with Crippen molar-refractivity contribution in [3.05, 3.63) is 0 Å². The van der Waals surface area contributed by atoms with Crippen LogP contribution in [0.1, 0.15) is 20.3 Å². The molecule has 0 amide bonds. The van der Waals surface area contributed by atoms with Crippen LogP contribution in [0.5, 0.6) is 0 Å². The van der Waals surface area contributed by atoms with E-state index in [9.17, 15) is 0 Å². The molecule has 0 spiro atoms. The maximum absolute atomic E-state index is 8.54. The number of aliphatic hydroxyl groups is 2. The van der Waals surface area contributed by atoms with Gasteiger partial charge in [0.2, 0.25) is 0 Å². The van der Waals surface area contributed by atoms with Gasteiger partial charge in [-0.25, -0.2) is 0 Å². The Bertz CT molecular complexity index is 92.2. The first-order valence-corrected chi connectivity index (χ1v) is 5.33. The van der Waals surface area contributed by atoms with Gasteiger partial charge < -0.3 is 20.4 Å². The highest BCUT2D eigenvalue weighted by Gasteiger charge is 1.94. The summed E-state index contributed by atoms with van der Waals surface area (Å²) in [5.41, 5.74) is 0. The summed E-state index contributed by atoms with van der Waals surface area (Å²) >= 11 is 0. The molecule has 0 aliphatic heterocycles. The van der Waals surface area contributed by atoms with Crippen LogP contribution in [0.2, 0.25) is 0 Å². The van der Waals surface area contributed by atoms with E-state index in [2.05, 4.69) is 19.2 Å². The lowest BCUT2D eigenvalue weighted by atomic mass is 10.5. The fourth-order valence-electron chi connectivity index (χ4n) is 0.756. The lowest BCUT2D eigenvalue weighted by Crippen LogP contribution is -2.32. The molecule has 0 radical (unpaired) electrons. The van der Waals surface area contributed by atoms with Gasteiger partial charge in [0.25, 0.3) is 0 Å². The molecule has 0 aromatic carbocycles. The Hall–Kier alpha value is -0.160. The van der Waals surface area contributed by atoms with Crippen LogP contribution in [-0.4, -0.2) is 61.6 Å². The van der Waals surface area contributed by atoms with E-state index in [1.807, 2.05) is 11.9 Å². The second kappa shape index (κ2) is 15.3. The van der Waals surface area contributed by atoms with E-state index < -0.39 is 0 Å². The molecular formula is C10H26N2O2. The third-order valence-electron chi connectivity index (χ3n) is 1.44. The third kappa shape index (κ3) is 17.8. The summed E-state index contributed by atoms with van der Waals surface area (Å²) in [4.78, 5) is 2.03. The molecule has 0 unspecified atom stereocenters. The molecule has 0 atom stereocenters. The van der Waals surface area contributed by atoms with Crippen molar-refractivity contribution in [3.8, 4) is 0 Å². The molecule has 0 aliphatic rings. The molecule has 0 saturated carbocycles. The Balaban J connectivity index is 0. The maximum Gasteiger partial charge on any atom is 0.0558 e. The minimum Gasteiger partial charge on any atom is -0.395 e. The molecule has 4 heteroatoms. The molecule has 88 valence electrons. The van der Waals surface area contributed by atoms with Crippen molar-refractivity contribution in [2.75, 3.05) is 46.4 Å². The highest BCUT2D eigenvalue weighted by molar-refractivity contribution is 4.53. The Kier molecular flexibility index (Phi) is 17.8. The quantitative estimate of drug-likeness (QED) is 0.510. The standard InChI is InChI=1S/C7H18N2O2.C3H8/c1-9(5-7-11)4-2-8-3-6-10;1-3-2/h8,10-11H,2-7H2,1H3;3H2,1-2H3. The highest BCUT2D eigenvalue weighted by Crippen LogP contribution is 1.77. The molecular weight excluding hydrogens is 180 g/mol. The molecule has 0 rings (SSSR count). The predicted molar refractivity (Wildman–Crippen MR) is 60.5 cm³/mol. The monoisotopic (exact) mass is 206 g/mol. The van der Waals surface area contributed by atoms with Gasteiger partial charge in [0.15, 0.2) is 0 Å². The summed E-state index contributed by atoms with van der Waals surface area (Å²) in [6, 6.07) is 0. The molecule has 0 aromatic rings. The van der Waals surface area contributed by atoms with E-state index in [-0.39, 0.29) is 13.2 Å². The van der Waals surface area contributed by atoms with Crippen molar-refractivity contribution < 1.29 is 10.2 Å². The van der Waals surface area contributed by atoms with Gasteiger partial charge in [-0.3, -0.25) is 0 Å². The van der Waals surface area contributed by atoms with Gasteiger partial charge in [-0.1, -0.05) is 20.3 Å².